The molecule has 2 heterocycles. The second-order valence-corrected chi connectivity index (χ2v) is 7.80. The van der Waals surface area contributed by atoms with Crippen molar-refractivity contribution in [2.24, 2.45) is 0 Å². The molecule has 0 aliphatic carbocycles. The summed E-state index contributed by atoms with van der Waals surface area (Å²) in [6.07, 6.45) is 2.08. The lowest BCUT2D eigenvalue weighted by Gasteiger charge is -2.40. The largest absolute Gasteiger partial charge is 0.465 e. The molecular formula is C18H33N3O4. The van der Waals surface area contributed by atoms with Crippen LogP contribution in [0, 0.1) is 0 Å². The van der Waals surface area contributed by atoms with E-state index in [1.54, 1.807) is 0 Å². The fourth-order valence-corrected chi connectivity index (χ4v) is 3.50. The molecule has 144 valence electrons. The summed E-state index contributed by atoms with van der Waals surface area (Å²) in [4.78, 5) is 28.7. The molecule has 2 aliphatic rings. The van der Waals surface area contributed by atoms with E-state index in [0.717, 1.165) is 45.6 Å². The standard InChI is InChI=1S/C18H33N3O4/c1-5-24-15(22)13-20-9-11-21(12-10-20)16(14-7-6-8-19-14)17(23)25-18(2,3)4/h14,16,19H,5-13H2,1-4H3. The Bertz CT molecular complexity index is 450. The molecule has 0 aromatic rings. The van der Waals surface area contributed by atoms with E-state index < -0.39 is 5.60 Å². The van der Waals surface area contributed by atoms with Gasteiger partial charge in [0, 0.05) is 32.2 Å². The van der Waals surface area contributed by atoms with E-state index in [0.29, 0.717) is 13.2 Å². The van der Waals surface area contributed by atoms with E-state index in [-0.39, 0.29) is 24.0 Å². The van der Waals surface area contributed by atoms with Crippen LogP contribution in [-0.4, -0.2) is 85.3 Å². The summed E-state index contributed by atoms with van der Waals surface area (Å²) in [5.41, 5.74) is -0.486. The Morgan fingerprint density at radius 3 is 2.40 bits per heavy atom. The van der Waals surface area contributed by atoms with Crippen molar-refractivity contribution in [1.82, 2.24) is 15.1 Å². The highest BCUT2D eigenvalue weighted by molar-refractivity contribution is 5.77. The summed E-state index contributed by atoms with van der Waals surface area (Å²) in [7, 11) is 0. The van der Waals surface area contributed by atoms with Crippen LogP contribution in [0.15, 0.2) is 0 Å². The summed E-state index contributed by atoms with van der Waals surface area (Å²) in [6.45, 7) is 12.2. The fraction of sp³-hybridized carbons (Fsp3) is 0.889. The third-order valence-corrected chi connectivity index (χ3v) is 4.59. The van der Waals surface area contributed by atoms with E-state index in [1.807, 2.05) is 27.7 Å². The number of carbonyl (C=O) groups is 2. The van der Waals surface area contributed by atoms with Crippen LogP contribution in [0.4, 0.5) is 0 Å². The molecule has 0 aromatic heterocycles. The molecule has 2 saturated heterocycles. The average Bonchev–Trinajstić information content (AvgIpc) is 3.01. The maximum atomic E-state index is 12.8. The van der Waals surface area contributed by atoms with Gasteiger partial charge in [-0.3, -0.25) is 19.4 Å². The maximum Gasteiger partial charge on any atom is 0.325 e. The highest BCUT2D eigenvalue weighted by Gasteiger charge is 2.39. The summed E-state index contributed by atoms with van der Waals surface area (Å²) in [5.74, 6) is -0.331. The van der Waals surface area contributed by atoms with Gasteiger partial charge >= 0.3 is 11.9 Å². The molecule has 2 unspecified atom stereocenters. The molecule has 2 atom stereocenters. The van der Waals surface area contributed by atoms with Crippen molar-refractivity contribution in [3.8, 4) is 0 Å². The number of nitrogens with zero attached hydrogens (tertiary/aromatic N) is 2. The first-order valence-electron chi connectivity index (χ1n) is 9.38. The minimum absolute atomic E-state index is 0.145. The zero-order valence-electron chi connectivity index (χ0n) is 16.0. The highest BCUT2D eigenvalue weighted by atomic mass is 16.6. The predicted octanol–water partition coefficient (Wildman–Crippen LogP) is 0.629. The monoisotopic (exact) mass is 355 g/mol. The van der Waals surface area contributed by atoms with Crippen LogP contribution < -0.4 is 5.32 Å². The zero-order chi connectivity index (χ0) is 18.4. The molecule has 0 amide bonds. The SMILES string of the molecule is CCOC(=O)CN1CCN(C(C(=O)OC(C)(C)C)C2CCCN2)CC1. The Morgan fingerprint density at radius 2 is 1.88 bits per heavy atom. The van der Waals surface area contributed by atoms with Gasteiger partial charge in [0.1, 0.15) is 11.6 Å². The van der Waals surface area contributed by atoms with Crippen molar-refractivity contribution >= 4 is 11.9 Å². The Hall–Kier alpha value is -1.18. The molecule has 1 N–H and O–H groups in total. The second kappa shape index (κ2) is 8.96. The molecule has 0 spiro atoms. The van der Waals surface area contributed by atoms with Gasteiger partial charge < -0.3 is 14.8 Å². The molecular weight excluding hydrogens is 322 g/mol. The third kappa shape index (κ3) is 6.24. The molecule has 0 saturated carbocycles. The molecule has 7 nitrogen and oxygen atoms in total. The predicted molar refractivity (Wildman–Crippen MR) is 95.3 cm³/mol. The Balaban J connectivity index is 1.95. The van der Waals surface area contributed by atoms with Crippen molar-refractivity contribution in [3.63, 3.8) is 0 Å². The lowest BCUT2D eigenvalue weighted by atomic mass is 10.0. The number of carbonyl (C=O) groups excluding carboxylic acids is 2. The Labute approximate surface area is 151 Å². The number of hydrogen-bond donors (Lipinski definition) is 1. The first kappa shape index (κ1) is 20.1. The minimum atomic E-state index is -0.486. The van der Waals surface area contributed by atoms with Crippen molar-refractivity contribution in [1.29, 1.82) is 0 Å². The van der Waals surface area contributed by atoms with E-state index in [1.165, 1.54) is 0 Å². The first-order chi connectivity index (χ1) is 11.8. The smallest absolute Gasteiger partial charge is 0.325 e. The van der Waals surface area contributed by atoms with Gasteiger partial charge in [0.2, 0.25) is 0 Å². The Kier molecular flexibility index (Phi) is 7.22. The normalized spacial score (nSPS) is 24.1. The molecule has 2 fully saturated rings. The molecule has 0 bridgehead atoms. The van der Waals surface area contributed by atoms with E-state index in [4.69, 9.17) is 9.47 Å². The lowest BCUT2D eigenvalue weighted by molar-refractivity contribution is -0.164. The van der Waals surface area contributed by atoms with Gasteiger partial charge in [-0.2, -0.15) is 0 Å². The molecule has 0 aromatic carbocycles. The molecule has 25 heavy (non-hydrogen) atoms. The van der Waals surface area contributed by atoms with Gasteiger partial charge in [0.15, 0.2) is 0 Å². The van der Waals surface area contributed by atoms with Gasteiger partial charge in [0.05, 0.1) is 13.2 Å². The van der Waals surface area contributed by atoms with Gasteiger partial charge in [-0.15, -0.1) is 0 Å². The Morgan fingerprint density at radius 1 is 1.20 bits per heavy atom. The van der Waals surface area contributed by atoms with Crippen LogP contribution in [0.5, 0.6) is 0 Å². The molecule has 7 heteroatoms. The molecule has 2 rings (SSSR count). The number of esters is 2. The summed E-state index contributed by atoms with van der Waals surface area (Å²) in [5, 5.41) is 3.45. The lowest BCUT2D eigenvalue weighted by Crippen LogP contribution is -2.59. The van der Waals surface area contributed by atoms with Crippen molar-refractivity contribution in [2.45, 2.75) is 58.2 Å². The highest BCUT2D eigenvalue weighted by Crippen LogP contribution is 2.20. The van der Waals surface area contributed by atoms with Gasteiger partial charge in [-0.25, -0.2) is 0 Å². The first-order valence-corrected chi connectivity index (χ1v) is 9.38. The second-order valence-electron chi connectivity index (χ2n) is 7.80. The van der Waals surface area contributed by atoms with Crippen LogP contribution >= 0.6 is 0 Å². The number of piperazine rings is 1. The van der Waals surface area contributed by atoms with E-state index in [2.05, 4.69) is 15.1 Å². The van der Waals surface area contributed by atoms with Crippen LogP contribution in [-0.2, 0) is 19.1 Å². The van der Waals surface area contributed by atoms with Gasteiger partial charge in [0.25, 0.3) is 0 Å². The van der Waals surface area contributed by atoms with Crippen LogP contribution in [0.2, 0.25) is 0 Å². The van der Waals surface area contributed by atoms with Gasteiger partial charge in [-0.1, -0.05) is 0 Å². The van der Waals surface area contributed by atoms with Crippen molar-refractivity contribution < 1.29 is 19.1 Å². The van der Waals surface area contributed by atoms with Crippen LogP contribution in [0.3, 0.4) is 0 Å². The molecule has 2 aliphatic heterocycles. The molecule has 0 radical (unpaired) electrons. The number of rotatable bonds is 6. The van der Waals surface area contributed by atoms with Crippen molar-refractivity contribution in [2.75, 3.05) is 45.9 Å². The van der Waals surface area contributed by atoms with Crippen LogP contribution in [0.25, 0.3) is 0 Å². The van der Waals surface area contributed by atoms with E-state index >= 15 is 0 Å². The van der Waals surface area contributed by atoms with E-state index in [9.17, 15) is 9.59 Å². The number of hydrogen-bond acceptors (Lipinski definition) is 7. The van der Waals surface area contributed by atoms with Gasteiger partial charge in [-0.05, 0) is 47.1 Å². The number of nitrogens with one attached hydrogen (secondary N) is 1. The topological polar surface area (TPSA) is 71.1 Å². The zero-order valence-corrected chi connectivity index (χ0v) is 16.0. The average molecular weight is 355 g/mol. The minimum Gasteiger partial charge on any atom is -0.465 e. The maximum absolute atomic E-state index is 12.8. The summed E-state index contributed by atoms with van der Waals surface area (Å²) < 4.78 is 10.7. The van der Waals surface area contributed by atoms with Crippen LogP contribution in [0.1, 0.15) is 40.5 Å². The fourth-order valence-electron chi connectivity index (χ4n) is 3.50. The number of ether oxygens (including phenoxy) is 2. The third-order valence-electron chi connectivity index (χ3n) is 4.59. The summed E-state index contributed by atoms with van der Waals surface area (Å²) >= 11 is 0. The quantitative estimate of drug-likeness (QED) is 0.701. The van der Waals surface area contributed by atoms with Crippen molar-refractivity contribution in [3.05, 3.63) is 0 Å². The summed E-state index contributed by atoms with van der Waals surface area (Å²) in [6, 6.07) is -0.113.